The highest BCUT2D eigenvalue weighted by Gasteiger charge is 2.21. The Morgan fingerprint density at radius 1 is 1.38 bits per heavy atom. The molecule has 21 heavy (non-hydrogen) atoms. The largest absolute Gasteiger partial charge is 0.379 e. The van der Waals surface area contributed by atoms with Gasteiger partial charge >= 0.3 is 5.69 Å². The number of para-hydroxylation sites is 1. The summed E-state index contributed by atoms with van der Waals surface area (Å²) in [6, 6.07) is 5.09. The Bertz CT molecular complexity index is 493. The lowest BCUT2D eigenvalue weighted by Crippen LogP contribution is -2.17. The molecule has 0 radical (unpaired) electrons. The van der Waals surface area contributed by atoms with Gasteiger partial charge in [0.1, 0.15) is 11.4 Å². The summed E-state index contributed by atoms with van der Waals surface area (Å²) in [6.07, 6.45) is 6.24. The average molecular weight is 292 g/mol. The Morgan fingerprint density at radius 2 is 2.14 bits per heavy atom. The molecule has 1 saturated carbocycles. The third-order valence-electron chi connectivity index (χ3n) is 4.29. The summed E-state index contributed by atoms with van der Waals surface area (Å²) in [7, 11) is 0. The monoisotopic (exact) mass is 292 g/mol. The summed E-state index contributed by atoms with van der Waals surface area (Å²) in [5.74, 6) is 6.88. The van der Waals surface area contributed by atoms with Crippen LogP contribution in [0.4, 0.5) is 17.1 Å². The van der Waals surface area contributed by atoms with Crippen molar-refractivity contribution in [2.45, 2.75) is 39.0 Å². The van der Waals surface area contributed by atoms with Crippen LogP contribution in [-0.2, 0) is 0 Å². The molecule has 0 spiro atoms. The lowest BCUT2D eigenvalue weighted by atomic mass is 9.81. The lowest BCUT2D eigenvalue weighted by molar-refractivity contribution is -0.383. The molecule has 2 rings (SSSR count). The number of rotatable bonds is 6. The first-order valence-electron chi connectivity index (χ1n) is 7.59. The predicted octanol–water partition coefficient (Wildman–Crippen LogP) is 3.51. The number of nitro groups is 1. The van der Waals surface area contributed by atoms with Crippen LogP contribution in [0.2, 0.25) is 0 Å². The summed E-state index contributed by atoms with van der Waals surface area (Å²) in [5.41, 5.74) is 3.25. The van der Waals surface area contributed by atoms with Crippen LogP contribution >= 0.6 is 0 Å². The summed E-state index contributed by atoms with van der Waals surface area (Å²) < 4.78 is 0. The molecule has 1 aliphatic rings. The molecule has 1 aromatic rings. The first kappa shape index (κ1) is 15.6. The molecule has 2 atom stereocenters. The Hall–Kier alpha value is -1.82. The van der Waals surface area contributed by atoms with Crippen molar-refractivity contribution in [1.29, 1.82) is 0 Å². The summed E-state index contributed by atoms with van der Waals surface area (Å²) in [4.78, 5) is 10.8. The van der Waals surface area contributed by atoms with Gasteiger partial charge < -0.3 is 10.7 Å². The maximum atomic E-state index is 11.2. The van der Waals surface area contributed by atoms with Crippen LogP contribution in [0, 0.1) is 22.0 Å². The molecule has 0 aliphatic heterocycles. The highest BCUT2D eigenvalue weighted by Crippen LogP contribution is 2.33. The lowest BCUT2D eigenvalue weighted by Gasteiger charge is -2.26. The molecule has 0 heterocycles. The molecule has 0 aromatic heterocycles. The molecule has 1 aromatic carbocycles. The van der Waals surface area contributed by atoms with E-state index in [1.807, 2.05) is 0 Å². The van der Waals surface area contributed by atoms with E-state index in [0.29, 0.717) is 11.4 Å². The second-order valence-corrected chi connectivity index (χ2v) is 5.96. The van der Waals surface area contributed by atoms with E-state index in [1.165, 1.54) is 25.7 Å². The molecule has 6 heteroatoms. The van der Waals surface area contributed by atoms with Gasteiger partial charge in [-0.2, -0.15) is 0 Å². The number of hydrazine groups is 1. The summed E-state index contributed by atoms with van der Waals surface area (Å²) >= 11 is 0. The minimum absolute atomic E-state index is 0.0111. The van der Waals surface area contributed by atoms with Crippen molar-refractivity contribution >= 4 is 17.1 Å². The Labute approximate surface area is 125 Å². The minimum Gasteiger partial charge on any atom is -0.379 e. The molecular weight excluding hydrogens is 268 g/mol. The van der Waals surface area contributed by atoms with Crippen LogP contribution < -0.4 is 16.6 Å². The quantitative estimate of drug-likeness (QED) is 0.424. The maximum Gasteiger partial charge on any atom is 0.316 e. The second kappa shape index (κ2) is 7.26. The van der Waals surface area contributed by atoms with E-state index >= 15 is 0 Å². The number of nitrogens with two attached hydrogens (primary N) is 1. The van der Waals surface area contributed by atoms with Crippen molar-refractivity contribution in [2.24, 2.45) is 17.7 Å². The van der Waals surface area contributed by atoms with E-state index in [9.17, 15) is 10.1 Å². The minimum atomic E-state index is -0.403. The number of nitrogens with zero attached hydrogens (tertiary/aromatic N) is 1. The number of nitrogen functional groups attached to an aromatic ring is 1. The normalized spacial score (nSPS) is 21.8. The molecule has 0 amide bonds. The second-order valence-electron chi connectivity index (χ2n) is 5.96. The summed E-state index contributed by atoms with van der Waals surface area (Å²) in [6.45, 7) is 3.06. The zero-order chi connectivity index (χ0) is 15.2. The zero-order valence-electron chi connectivity index (χ0n) is 12.5. The summed E-state index contributed by atoms with van der Waals surface area (Å²) in [5, 5.41) is 14.4. The van der Waals surface area contributed by atoms with Gasteiger partial charge in [-0.1, -0.05) is 32.3 Å². The van der Waals surface area contributed by atoms with Gasteiger partial charge in [-0.05, 0) is 36.8 Å². The molecule has 0 saturated heterocycles. The van der Waals surface area contributed by atoms with Gasteiger partial charge in [-0.15, -0.1) is 0 Å². The van der Waals surface area contributed by atoms with E-state index in [2.05, 4.69) is 17.7 Å². The van der Waals surface area contributed by atoms with Crippen LogP contribution in [-0.4, -0.2) is 11.5 Å². The smallest absolute Gasteiger partial charge is 0.316 e. The Balaban J connectivity index is 1.95. The number of nitro benzene ring substituents is 1. The number of anilines is 2. The third kappa shape index (κ3) is 4.07. The fourth-order valence-corrected chi connectivity index (χ4v) is 3.23. The van der Waals surface area contributed by atoms with Gasteiger partial charge in [0.05, 0.1) is 4.92 Å². The van der Waals surface area contributed by atoms with E-state index in [1.54, 1.807) is 18.2 Å². The molecule has 1 fully saturated rings. The van der Waals surface area contributed by atoms with Gasteiger partial charge in [0.15, 0.2) is 0 Å². The fraction of sp³-hybridized carbons (Fsp3) is 0.600. The molecule has 116 valence electrons. The number of hydrogen-bond donors (Lipinski definition) is 3. The van der Waals surface area contributed by atoms with E-state index in [4.69, 9.17) is 5.84 Å². The first-order chi connectivity index (χ1) is 10.1. The van der Waals surface area contributed by atoms with E-state index in [0.717, 1.165) is 24.8 Å². The zero-order valence-corrected chi connectivity index (χ0v) is 12.5. The van der Waals surface area contributed by atoms with Crippen molar-refractivity contribution in [3.8, 4) is 0 Å². The molecule has 6 nitrogen and oxygen atoms in total. The standard InChI is InChI=1S/C15H24N4O2/c1-11-4-2-5-12(10-11)8-9-17-13-6-3-7-14(18-16)15(13)19(20)21/h3,6-7,11-12,17-18H,2,4-5,8-10,16H2,1H3. The molecule has 0 bridgehead atoms. The first-order valence-corrected chi connectivity index (χ1v) is 7.59. The van der Waals surface area contributed by atoms with Crippen LogP contribution in [0.25, 0.3) is 0 Å². The topological polar surface area (TPSA) is 93.2 Å². The van der Waals surface area contributed by atoms with Crippen LogP contribution in [0.5, 0.6) is 0 Å². The fourth-order valence-electron chi connectivity index (χ4n) is 3.23. The van der Waals surface area contributed by atoms with Crippen LogP contribution in [0.1, 0.15) is 39.0 Å². The number of benzene rings is 1. The van der Waals surface area contributed by atoms with Crippen molar-refractivity contribution in [3.05, 3.63) is 28.3 Å². The van der Waals surface area contributed by atoms with Crippen molar-refractivity contribution in [3.63, 3.8) is 0 Å². The van der Waals surface area contributed by atoms with Gasteiger partial charge in [-0.3, -0.25) is 16.0 Å². The van der Waals surface area contributed by atoms with Gasteiger partial charge in [0.25, 0.3) is 0 Å². The van der Waals surface area contributed by atoms with Gasteiger partial charge in [-0.25, -0.2) is 0 Å². The highest BCUT2D eigenvalue weighted by atomic mass is 16.6. The van der Waals surface area contributed by atoms with Crippen LogP contribution in [0.15, 0.2) is 18.2 Å². The van der Waals surface area contributed by atoms with Gasteiger partial charge in [0, 0.05) is 6.54 Å². The number of nitrogens with one attached hydrogen (secondary N) is 2. The predicted molar refractivity (Wildman–Crippen MR) is 85.1 cm³/mol. The number of hydrogen-bond acceptors (Lipinski definition) is 5. The van der Waals surface area contributed by atoms with E-state index < -0.39 is 4.92 Å². The van der Waals surface area contributed by atoms with Crippen molar-refractivity contribution in [1.82, 2.24) is 0 Å². The molecule has 2 unspecified atom stereocenters. The van der Waals surface area contributed by atoms with Crippen molar-refractivity contribution in [2.75, 3.05) is 17.3 Å². The van der Waals surface area contributed by atoms with Gasteiger partial charge in [0.2, 0.25) is 0 Å². The average Bonchev–Trinajstić information content (AvgIpc) is 2.46. The highest BCUT2D eigenvalue weighted by molar-refractivity contribution is 5.75. The molecule has 4 N–H and O–H groups in total. The molecule has 1 aliphatic carbocycles. The van der Waals surface area contributed by atoms with Crippen molar-refractivity contribution < 1.29 is 4.92 Å². The van der Waals surface area contributed by atoms with Crippen LogP contribution in [0.3, 0.4) is 0 Å². The maximum absolute atomic E-state index is 11.2. The SMILES string of the molecule is CC1CCCC(CCNc2cccc(NN)c2[N+](=O)[O-])C1. The van der Waals surface area contributed by atoms with E-state index in [-0.39, 0.29) is 5.69 Å². The molecular formula is C15H24N4O2. The Morgan fingerprint density at radius 3 is 2.81 bits per heavy atom. The third-order valence-corrected chi connectivity index (χ3v) is 4.29. The Kier molecular flexibility index (Phi) is 5.38.